The number of rotatable bonds is 5. The second-order valence-corrected chi connectivity index (χ2v) is 7.42. The Kier molecular flexibility index (Phi) is 4.83. The van der Waals surface area contributed by atoms with Crippen LogP contribution in [0.3, 0.4) is 0 Å². The van der Waals surface area contributed by atoms with Gasteiger partial charge >= 0.3 is 0 Å². The number of carbonyl (C=O) groups excluding carboxylic acids is 1. The molecule has 0 bridgehead atoms. The molecule has 142 valence electrons. The van der Waals surface area contributed by atoms with Crippen molar-refractivity contribution in [3.8, 4) is 5.75 Å². The zero-order valence-corrected chi connectivity index (χ0v) is 14.9. The van der Waals surface area contributed by atoms with Gasteiger partial charge in [0.25, 0.3) is 0 Å². The summed E-state index contributed by atoms with van der Waals surface area (Å²) in [5.74, 6) is -0.868. The van der Waals surface area contributed by atoms with E-state index in [2.05, 4.69) is 10.6 Å². The molecule has 1 aliphatic heterocycles. The van der Waals surface area contributed by atoms with Crippen LogP contribution in [0.2, 0.25) is 0 Å². The Morgan fingerprint density at radius 2 is 2.00 bits per heavy atom. The molecule has 2 aromatic rings. The molecule has 4 rings (SSSR count). The van der Waals surface area contributed by atoms with Gasteiger partial charge < -0.3 is 15.4 Å². The van der Waals surface area contributed by atoms with Gasteiger partial charge in [-0.25, -0.2) is 8.78 Å². The van der Waals surface area contributed by atoms with Crippen LogP contribution in [-0.4, -0.2) is 19.0 Å². The van der Waals surface area contributed by atoms with Crippen LogP contribution in [0.1, 0.15) is 24.8 Å². The minimum absolute atomic E-state index is 0.0200. The maximum absolute atomic E-state index is 14.3. The highest BCUT2D eigenvalue weighted by atomic mass is 19.1. The highest BCUT2D eigenvalue weighted by Gasteiger charge is 2.57. The number of hydrogen-bond acceptors (Lipinski definition) is 3. The Morgan fingerprint density at radius 3 is 2.74 bits per heavy atom. The van der Waals surface area contributed by atoms with Gasteiger partial charge in [0.1, 0.15) is 12.4 Å². The van der Waals surface area contributed by atoms with Gasteiger partial charge in [0.05, 0.1) is 0 Å². The van der Waals surface area contributed by atoms with Gasteiger partial charge in [-0.1, -0.05) is 12.1 Å². The fourth-order valence-corrected chi connectivity index (χ4v) is 3.91. The number of hydrogen-bond donors (Lipinski definition) is 2. The number of amides is 1. The van der Waals surface area contributed by atoms with Crippen molar-refractivity contribution in [2.24, 2.45) is 11.3 Å². The highest BCUT2D eigenvalue weighted by molar-refractivity contribution is 5.95. The molecular weight excluding hydrogens is 350 g/mol. The molecule has 27 heavy (non-hydrogen) atoms. The van der Waals surface area contributed by atoms with E-state index in [0.717, 1.165) is 32.4 Å². The summed E-state index contributed by atoms with van der Waals surface area (Å²) in [5.41, 5.74) is 1.18. The largest absolute Gasteiger partial charge is 0.486 e. The SMILES string of the molecule is O=C(Nc1ccc(OCc2cccc(F)c2)c(F)c1)C1CC12CCNCC2. The summed E-state index contributed by atoms with van der Waals surface area (Å²) in [7, 11) is 0. The van der Waals surface area contributed by atoms with Crippen molar-refractivity contribution < 1.29 is 18.3 Å². The number of carbonyl (C=O) groups is 1. The number of piperidine rings is 1. The summed E-state index contributed by atoms with van der Waals surface area (Å²) < 4.78 is 32.9. The van der Waals surface area contributed by atoms with Crippen molar-refractivity contribution in [2.45, 2.75) is 25.9 Å². The van der Waals surface area contributed by atoms with E-state index in [4.69, 9.17) is 4.74 Å². The van der Waals surface area contributed by atoms with Gasteiger partial charge in [0.2, 0.25) is 5.91 Å². The van der Waals surface area contributed by atoms with Crippen LogP contribution in [0.4, 0.5) is 14.5 Å². The van der Waals surface area contributed by atoms with E-state index in [0.29, 0.717) is 11.3 Å². The molecule has 1 spiro atoms. The van der Waals surface area contributed by atoms with E-state index in [1.54, 1.807) is 18.2 Å². The Balaban J connectivity index is 1.35. The van der Waals surface area contributed by atoms with Gasteiger partial charge in [-0.2, -0.15) is 0 Å². The fraction of sp³-hybridized carbons (Fsp3) is 0.381. The van der Waals surface area contributed by atoms with E-state index < -0.39 is 5.82 Å². The first-order valence-corrected chi connectivity index (χ1v) is 9.24. The lowest BCUT2D eigenvalue weighted by molar-refractivity contribution is -0.118. The first-order chi connectivity index (χ1) is 13.1. The van der Waals surface area contributed by atoms with Gasteiger partial charge in [-0.3, -0.25) is 4.79 Å². The Hall–Kier alpha value is -2.47. The molecule has 1 saturated heterocycles. The van der Waals surface area contributed by atoms with Crippen molar-refractivity contribution >= 4 is 11.6 Å². The maximum atomic E-state index is 14.3. The van der Waals surface area contributed by atoms with E-state index in [1.165, 1.54) is 24.3 Å². The third-order valence-corrected chi connectivity index (χ3v) is 5.59. The number of halogens is 2. The molecule has 4 nitrogen and oxygen atoms in total. The summed E-state index contributed by atoms with van der Waals surface area (Å²) in [4.78, 5) is 12.5. The predicted octanol–water partition coefficient (Wildman–Crippen LogP) is 3.87. The van der Waals surface area contributed by atoms with Gasteiger partial charge in [0, 0.05) is 17.7 Å². The summed E-state index contributed by atoms with van der Waals surface area (Å²) >= 11 is 0. The fourth-order valence-electron chi connectivity index (χ4n) is 3.91. The molecule has 2 fully saturated rings. The summed E-state index contributed by atoms with van der Waals surface area (Å²) in [5, 5.41) is 6.13. The average molecular weight is 372 g/mol. The van der Waals surface area contributed by atoms with Crippen molar-refractivity contribution in [3.63, 3.8) is 0 Å². The number of benzene rings is 2. The molecule has 1 amide bonds. The Morgan fingerprint density at radius 1 is 1.19 bits per heavy atom. The minimum Gasteiger partial charge on any atom is -0.486 e. The van der Waals surface area contributed by atoms with Crippen molar-refractivity contribution in [1.82, 2.24) is 5.32 Å². The number of nitrogens with one attached hydrogen (secondary N) is 2. The predicted molar refractivity (Wildman–Crippen MR) is 98.4 cm³/mol. The monoisotopic (exact) mass is 372 g/mol. The molecule has 0 aromatic heterocycles. The quantitative estimate of drug-likeness (QED) is 0.838. The zero-order valence-electron chi connectivity index (χ0n) is 14.9. The van der Waals surface area contributed by atoms with Crippen molar-refractivity contribution in [2.75, 3.05) is 18.4 Å². The number of anilines is 1. The third kappa shape index (κ3) is 3.95. The van der Waals surface area contributed by atoms with Crippen LogP contribution < -0.4 is 15.4 Å². The second kappa shape index (κ2) is 7.27. The average Bonchev–Trinajstić information content (AvgIpc) is 3.35. The first-order valence-electron chi connectivity index (χ1n) is 9.24. The van der Waals surface area contributed by atoms with Gasteiger partial charge in [-0.05, 0) is 67.6 Å². The van der Waals surface area contributed by atoms with E-state index >= 15 is 0 Å². The second-order valence-electron chi connectivity index (χ2n) is 7.42. The van der Waals surface area contributed by atoms with Crippen LogP contribution in [-0.2, 0) is 11.4 Å². The molecule has 2 aliphatic rings. The Bertz CT molecular complexity index is 850. The van der Waals surface area contributed by atoms with Crippen LogP contribution in [0.15, 0.2) is 42.5 Å². The smallest absolute Gasteiger partial charge is 0.228 e. The summed E-state index contributed by atoms with van der Waals surface area (Å²) in [6, 6.07) is 10.3. The van der Waals surface area contributed by atoms with Crippen LogP contribution in [0.25, 0.3) is 0 Å². The Labute approximate surface area is 156 Å². The number of ether oxygens (including phenoxy) is 1. The zero-order chi connectivity index (χ0) is 18.9. The molecule has 0 radical (unpaired) electrons. The molecule has 6 heteroatoms. The van der Waals surface area contributed by atoms with Gasteiger partial charge in [-0.15, -0.1) is 0 Å². The molecule has 1 saturated carbocycles. The molecule has 1 unspecified atom stereocenters. The lowest BCUT2D eigenvalue weighted by Crippen LogP contribution is -2.31. The summed E-state index contributed by atoms with van der Waals surface area (Å²) in [6.07, 6.45) is 2.95. The standard InChI is InChI=1S/C21H22F2N2O2/c22-15-3-1-2-14(10-15)13-27-19-5-4-16(11-18(19)23)25-20(26)17-12-21(17)6-8-24-9-7-21/h1-5,10-11,17,24H,6-9,12-13H2,(H,25,26). The lowest BCUT2D eigenvalue weighted by atomic mass is 9.92. The van der Waals surface area contributed by atoms with E-state index in [9.17, 15) is 13.6 Å². The molecule has 2 N–H and O–H groups in total. The minimum atomic E-state index is -0.559. The third-order valence-electron chi connectivity index (χ3n) is 5.59. The molecule has 1 atom stereocenters. The van der Waals surface area contributed by atoms with E-state index in [-0.39, 0.29) is 35.4 Å². The molecule has 1 aliphatic carbocycles. The van der Waals surface area contributed by atoms with Crippen LogP contribution in [0.5, 0.6) is 5.75 Å². The van der Waals surface area contributed by atoms with E-state index in [1.807, 2.05) is 0 Å². The van der Waals surface area contributed by atoms with Crippen molar-refractivity contribution in [3.05, 3.63) is 59.7 Å². The van der Waals surface area contributed by atoms with Crippen LogP contribution >= 0.6 is 0 Å². The lowest BCUT2D eigenvalue weighted by Gasteiger charge is -2.23. The maximum Gasteiger partial charge on any atom is 0.228 e. The topological polar surface area (TPSA) is 50.4 Å². The van der Waals surface area contributed by atoms with Gasteiger partial charge in [0.15, 0.2) is 11.6 Å². The highest BCUT2D eigenvalue weighted by Crippen LogP contribution is 2.58. The molecule has 2 aromatic carbocycles. The first kappa shape index (κ1) is 17.9. The van der Waals surface area contributed by atoms with Crippen molar-refractivity contribution in [1.29, 1.82) is 0 Å². The normalized spacial score (nSPS) is 20.3. The van der Waals surface area contributed by atoms with Crippen LogP contribution in [0, 0.1) is 23.0 Å². The summed E-state index contributed by atoms with van der Waals surface area (Å²) in [6.45, 7) is 1.98. The molecular formula is C21H22F2N2O2. The molecule has 1 heterocycles.